The number of sulfonamides is 1. The summed E-state index contributed by atoms with van der Waals surface area (Å²) < 4.78 is 31.6. The van der Waals surface area contributed by atoms with E-state index in [4.69, 9.17) is 16.3 Å². The van der Waals surface area contributed by atoms with E-state index in [1.165, 1.54) is 31.6 Å². The van der Waals surface area contributed by atoms with Crippen molar-refractivity contribution in [1.29, 1.82) is 0 Å². The summed E-state index contributed by atoms with van der Waals surface area (Å²) >= 11 is 5.92. The number of aromatic nitrogens is 2. The largest absolute Gasteiger partial charge is 0.480 e. The van der Waals surface area contributed by atoms with Gasteiger partial charge in [0.05, 0.1) is 24.5 Å². The lowest BCUT2D eigenvalue weighted by Gasteiger charge is -2.09. The predicted octanol–water partition coefficient (Wildman–Crippen LogP) is 2.25. The molecule has 0 amide bonds. The smallest absolute Gasteiger partial charge is 0.264 e. The van der Waals surface area contributed by atoms with Gasteiger partial charge in [0.1, 0.15) is 4.90 Å². The van der Waals surface area contributed by atoms with Crippen molar-refractivity contribution in [3.05, 3.63) is 41.2 Å². The van der Waals surface area contributed by atoms with Crippen LogP contribution >= 0.6 is 11.6 Å². The lowest BCUT2D eigenvalue weighted by Crippen LogP contribution is -2.14. The standard InChI is InChI=1S/C12H12ClN3O3S/c1-8-3-4-9(13)10(5-8)20(17,18)16-11-6-15-12(19-2)7-14-11/h3-7H,1-2H3,(H,14,16). The van der Waals surface area contributed by atoms with E-state index < -0.39 is 10.0 Å². The molecule has 6 nitrogen and oxygen atoms in total. The van der Waals surface area contributed by atoms with Gasteiger partial charge in [-0.05, 0) is 24.6 Å². The summed E-state index contributed by atoms with van der Waals surface area (Å²) in [5.74, 6) is 0.380. The zero-order valence-corrected chi connectivity index (χ0v) is 12.4. The number of aryl methyl sites for hydroxylation is 1. The number of hydrogen-bond acceptors (Lipinski definition) is 5. The van der Waals surface area contributed by atoms with Gasteiger partial charge >= 0.3 is 0 Å². The average molecular weight is 314 g/mol. The number of benzene rings is 1. The molecule has 1 heterocycles. The van der Waals surface area contributed by atoms with Gasteiger partial charge in [0.15, 0.2) is 5.82 Å². The first kappa shape index (κ1) is 14.5. The van der Waals surface area contributed by atoms with E-state index in [9.17, 15) is 8.42 Å². The van der Waals surface area contributed by atoms with Gasteiger partial charge in [0, 0.05) is 0 Å². The van der Waals surface area contributed by atoms with E-state index in [1.807, 2.05) is 0 Å². The van der Waals surface area contributed by atoms with Crippen LogP contribution < -0.4 is 9.46 Å². The van der Waals surface area contributed by atoms with Crippen molar-refractivity contribution >= 4 is 27.4 Å². The van der Waals surface area contributed by atoms with Crippen LogP contribution in [-0.2, 0) is 10.0 Å². The van der Waals surface area contributed by atoms with Crippen LogP contribution in [0.25, 0.3) is 0 Å². The van der Waals surface area contributed by atoms with Gasteiger partial charge in [-0.2, -0.15) is 0 Å². The van der Waals surface area contributed by atoms with Gasteiger partial charge in [-0.3, -0.25) is 4.72 Å². The highest BCUT2D eigenvalue weighted by molar-refractivity contribution is 7.92. The minimum atomic E-state index is -3.81. The summed E-state index contributed by atoms with van der Waals surface area (Å²) in [7, 11) is -2.37. The second-order valence-electron chi connectivity index (χ2n) is 3.98. The zero-order chi connectivity index (χ0) is 14.8. The molecule has 0 aliphatic carbocycles. The van der Waals surface area contributed by atoms with Crippen LogP contribution in [0, 0.1) is 6.92 Å². The second kappa shape index (κ2) is 5.64. The van der Waals surface area contributed by atoms with Crippen LogP contribution in [0.15, 0.2) is 35.5 Å². The molecule has 0 aliphatic rings. The maximum absolute atomic E-state index is 12.2. The van der Waals surface area contributed by atoms with E-state index in [-0.39, 0.29) is 15.7 Å². The number of methoxy groups -OCH3 is 1. The topological polar surface area (TPSA) is 81.2 Å². The quantitative estimate of drug-likeness (QED) is 0.936. The fourth-order valence-electron chi connectivity index (χ4n) is 1.48. The van der Waals surface area contributed by atoms with Crippen molar-refractivity contribution < 1.29 is 13.2 Å². The van der Waals surface area contributed by atoms with E-state index >= 15 is 0 Å². The van der Waals surface area contributed by atoms with Gasteiger partial charge in [-0.15, -0.1) is 0 Å². The van der Waals surface area contributed by atoms with Crippen molar-refractivity contribution in [3.8, 4) is 5.88 Å². The minimum absolute atomic E-state index is 0.00298. The fraction of sp³-hybridized carbons (Fsp3) is 0.167. The Hall–Kier alpha value is -1.86. The van der Waals surface area contributed by atoms with Crippen molar-refractivity contribution in [2.75, 3.05) is 11.8 Å². The molecule has 0 saturated heterocycles. The second-order valence-corrected chi connectivity index (χ2v) is 6.04. The first-order valence-corrected chi connectivity index (χ1v) is 7.43. The molecule has 0 bridgehead atoms. The number of nitrogens with one attached hydrogen (secondary N) is 1. The first-order chi connectivity index (χ1) is 9.42. The normalized spacial score (nSPS) is 11.2. The molecule has 0 fully saturated rings. The van der Waals surface area contributed by atoms with Crippen molar-refractivity contribution in [2.45, 2.75) is 11.8 Å². The molecule has 0 radical (unpaired) electrons. The summed E-state index contributed by atoms with van der Waals surface area (Å²) in [6.45, 7) is 1.78. The first-order valence-electron chi connectivity index (χ1n) is 5.57. The van der Waals surface area contributed by atoms with Crippen molar-refractivity contribution in [3.63, 3.8) is 0 Å². The summed E-state index contributed by atoms with van der Waals surface area (Å²) in [6, 6.07) is 4.75. The molecule has 0 saturated carbocycles. The van der Waals surface area contributed by atoms with E-state index in [1.54, 1.807) is 13.0 Å². The van der Waals surface area contributed by atoms with Crippen molar-refractivity contribution in [1.82, 2.24) is 9.97 Å². The number of halogens is 1. The minimum Gasteiger partial charge on any atom is -0.480 e. The van der Waals surface area contributed by atoms with E-state index in [0.717, 1.165) is 5.56 Å². The van der Waals surface area contributed by atoms with Gasteiger partial charge in [0.2, 0.25) is 5.88 Å². The van der Waals surface area contributed by atoms with Crippen LogP contribution in [0.5, 0.6) is 5.88 Å². The molecule has 8 heteroatoms. The molecule has 1 aromatic heterocycles. The van der Waals surface area contributed by atoms with Crippen LogP contribution in [-0.4, -0.2) is 25.5 Å². The summed E-state index contributed by atoms with van der Waals surface area (Å²) in [5, 5.41) is 0.143. The number of ether oxygens (including phenoxy) is 1. The molecule has 0 spiro atoms. The molecule has 106 valence electrons. The van der Waals surface area contributed by atoms with Crippen LogP contribution in [0.2, 0.25) is 5.02 Å². The maximum Gasteiger partial charge on any atom is 0.264 e. The fourth-order valence-corrected chi connectivity index (χ4v) is 3.06. The van der Waals surface area contributed by atoms with Gasteiger partial charge in [0.25, 0.3) is 10.0 Å². The Morgan fingerprint density at radius 1 is 1.25 bits per heavy atom. The Balaban J connectivity index is 2.32. The summed E-state index contributed by atoms with van der Waals surface area (Å²) in [6.07, 6.45) is 2.58. The number of hydrogen-bond donors (Lipinski definition) is 1. The summed E-state index contributed by atoms with van der Waals surface area (Å²) in [5.41, 5.74) is 0.788. The van der Waals surface area contributed by atoms with Crippen LogP contribution in [0.3, 0.4) is 0 Å². The monoisotopic (exact) mass is 313 g/mol. The SMILES string of the molecule is COc1cnc(NS(=O)(=O)c2cc(C)ccc2Cl)cn1. The Labute approximate surface area is 121 Å². The Kier molecular flexibility index (Phi) is 4.10. The molecule has 0 atom stereocenters. The highest BCUT2D eigenvalue weighted by Gasteiger charge is 2.19. The predicted molar refractivity (Wildman–Crippen MR) is 75.6 cm³/mol. The third kappa shape index (κ3) is 3.17. The molecular weight excluding hydrogens is 302 g/mol. The Morgan fingerprint density at radius 2 is 2.00 bits per heavy atom. The number of anilines is 1. The number of rotatable bonds is 4. The molecule has 1 N–H and O–H groups in total. The average Bonchev–Trinajstić information content (AvgIpc) is 2.42. The third-order valence-electron chi connectivity index (χ3n) is 2.45. The van der Waals surface area contributed by atoms with E-state index in [2.05, 4.69) is 14.7 Å². The maximum atomic E-state index is 12.2. The molecule has 0 aliphatic heterocycles. The highest BCUT2D eigenvalue weighted by Crippen LogP contribution is 2.24. The van der Waals surface area contributed by atoms with Crippen LogP contribution in [0.4, 0.5) is 5.82 Å². The third-order valence-corrected chi connectivity index (χ3v) is 4.29. The Morgan fingerprint density at radius 3 is 2.60 bits per heavy atom. The molecule has 2 aromatic rings. The van der Waals surface area contributed by atoms with Gasteiger partial charge in [-0.25, -0.2) is 18.4 Å². The molecule has 0 unspecified atom stereocenters. The highest BCUT2D eigenvalue weighted by atomic mass is 35.5. The lowest BCUT2D eigenvalue weighted by atomic mass is 10.2. The molecule has 2 rings (SSSR count). The van der Waals surface area contributed by atoms with Crippen molar-refractivity contribution in [2.24, 2.45) is 0 Å². The zero-order valence-electron chi connectivity index (χ0n) is 10.8. The summed E-state index contributed by atoms with van der Waals surface area (Å²) in [4.78, 5) is 7.76. The molecule has 20 heavy (non-hydrogen) atoms. The molecular formula is C12H12ClN3O3S. The number of nitrogens with zero attached hydrogens (tertiary/aromatic N) is 2. The van der Waals surface area contributed by atoms with Gasteiger partial charge in [-0.1, -0.05) is 17.7 Å². The van der Waals surface area contributed by atoms with Gasteiger partial charge < -0.3 is 4.74 Å². The van der Waals surface area contributed by atoms with E-state index in [0.29, 0.717) is 5.88 Å². The Bertz CT molecular complexity index is 717. The molecule has 1 aromatic carbocycles. The lowest BCUT2D eigenvalue weighted by molar-refractivity contribution is 0.396. The van der Waals surface area contributed by atoms with Crippen LogP contribution in [0.1, 0.15) is 5.56 Å².